The molecule has 4 rings (SSSR count). The molecule has 1 aromatic heterocycles. The summed E-state index contributed by atoms with van der Waals surface area (Å²) < 4.78 is 11.1. The lowest BCUT2D eigenvalue weighted by atomic mass is 10.1. The number of carbonyl (C=O) groups is 3. The molecule has 4 amide bonds. The highest BCUT2D eigenvalue weighted by molar-refractivity contribution is 6.35. The Bertz CT molecular complexity index is 1220. The van der Waals surface area contributed by atoms with Crippen LogP contribution in [0.1, 0.15) is 16.9 Å². The summed E-state index contributed by atoms with van der Waals surface area (Å²) in [6.45, 7) is 0.0505. The van der Waals surface area contributed by atoms with Gasteiger partial charge in [-0.05, 0) is 36.4 Å². The lowest BCUT2D eigenvalue weighted by Gasteiger charge is -2.25. The van der Waals surface area contributed by atoms with E-state index in [9.17, 15) is 14.4 Å². The first kappa shape index (κ1) is 21.7. The molecule has 1 aliphatic heterocycles. The molecule has 0 aliphatic carbocycles. The van der Waals surface area contributed by atoms with E-state index in [0.29, 0.717) is 27.1 Å². The third-order valence-electron chi connectivity index (χ3n) is 4.70. The van der Waals surface area contributed by atoms with Crippen LogP contribution in [-0.2, 0) is 22.7 Å². The number of urea groups is 1. The van der Waals surface area contributed by atoms with Crippen molar-refractivity contribution in [1.82, 2.24) is 10.2 Å². The Kier molecular flexibility index (Phi) is 6.30. The highest BCUT2D eigenvalue weighted by Crippen LogP contribution is 2.27. The molecular formula is C23H16Cl2N2O5. The van der Waals surface area contributed by atoms with E-state index in [0.717, 1.165) is 10.5 Å². The number of para-hydroxylation sites is 1. The van der Waals surface area contributed by atoms with Crippen LogP contribution in [0.15, 0.2) is 70.9 Å². The van der Waals surface area contributed by atoms with Gasteiger partial charge < -0.3 is 9.15 Å². The minimum absolute atomic E-state index is 0.102. The molecule has 32 heavy (non-hydrogen) atoms. The zero-order valence-electron chi connectivity index (χ0n) is 16.5. The van der Waals surface area contributed by atoms with Crippen LogP contribution in [0.2, 0.25) is 10.0 Å². The number of benzene rings is 2. The molecule has 162 valence electrons. The van der Waals surface area contributed by atoms with E-state index in [1.54, 1.807) is 54.6 Å². The van der Waals surface area contributed by atoms with Crippen molar-refractivity contribution in [3.8, 4) is 5.75 Å². The van der Waals surface area contributed by atoms with E-state index in [-0.39, 0.29) is 18.7 Å². The Morgan fingerprint density at radius 3 is 2.59 bits per heavy atom. The molecule has 1 N–H and O–H groups in total. The van der Waals surface area contributed by atoms with Crippen LogP contribution >= 0.6 is 23.2 Å². The number of hydrogen-bond donors (Lipinski definition) is 1. The average molecular weight is 471 g/mol. The molecule has 1 aliphatic rings. The number of carbonyl (C=O) groups excluding carboxylic acids is 3. The summed E-state index contributed by atoms with van der Waals surface area (Å²) in [6.07, 6.45) is 2.82. The van der Waals surface area contributed by atoms with Gasteiger partial charge in [0, 0.05) is 21.2 Å². The number of amides is 4. The lowest BCUT2D eigenvalue weighted by molar-refractivity contribution is -0.130. The minimum Gasteiger partial charge on any atom is -0.488 e. The first-order chi connectivity index (χ1) is 15.4. The average Bonchev–Trinajstić information content (AvgIpc) is 3.27. The smallest absolute Gasteiger partial charge is 0.331 e. The van der Waals surface area contributed by atoms with Crippen molar-refractivity contribution < 1.29 is 23.5 Å². The van der Waals surface area contributed by atoms with Gasteiger partial charge in [0.05, 0.1) is 12.8 Å². The van der Waals surface area contributed by atoms with Crippen LogP contribution in [0.5, 0.6) is 5.75 Å². The van der Waals surface area contributed by atoms with Crippen LogP contribution in [-0.4, -0.2) is 22.7 Å². The Hall–Kier alpha value is -3.55. The van der Waals surface area contributed by atoms with Crippen LogP contribution in [0, 0.1) is 0 Å². The maximum absolute atomic E-state index is 12.9. The van der Waals surface area contributed by atoms with Gasteiger partial charge in [0.25, 0.3) is 11.8 Å². The molecule has 0 bridgehead atoms. The molecule has 2 aromatic carbocycles. The monoisotopic (exact) mass is 470 g/mol. The molecule has 0 radical (unpaired) electrons. The van der Waals surface area contributed by atoms with E-state index < -0.39 is 17.8 Å². The van der Waals surface area contributed by atoms with Crippen molar-refractivity contribution >= 4 is 47.1 Å². The van der Waals surface area contributed by atoms with Crippen LogP contribution < -0.4 is 10.1 Å². The maximum Gasteiger partial charge on any atom is 0.331 e. The van der Waals surface area contributed by atoms with Crippen molar-refractivity contribution in [3.63, 3.8) is 0 Å². The fourth-order valence-electron chi connectivity index (χ4n) is 3.08. The lowest BCUT2D eigenvalue weighted by Crippen LogP contribution is -2.53. The largest absolute Gasteiger partial charge is 0.488 e. The molecule has 1 fully saturated rings. The number of furan rings is 1. The molecule has 7 nitrogen and oxygen atoms in total. The normalized spacial score (nSPS) is 15.2. The number of nitrogens with zero attached hydrogens (tertiary/aromatic N) is 1. The summed E-state index contributed by atoms with van der Waals surface area (Å²) in [6, 6.07) is 14.4. The summed E-state index contributed by atoms with van der Waals surface area (Å²) in [7, 11) is 0. The van der Waals surface area contributed by atoms with E-state index in [1.165, 1.54) is 12.3 Å². The summed E-state index contributed by atoms with van der Waals surface area (Å²) in [5.74, 6) is -0.677. The first-order valence-corrected chi connectivity index (χ1v) is 10.2. The Labute approximate surface area is 193 Å². The Morgan fingerprint density at radius 2 is 1.84 bits per heavy atom. The summed E-state index contributed by atoms with van der Waals surface area (Å²) in [5.41, 5.74) is 1.01. The SMILES string of the molecule is O=C1NC(=O)N(Cc2ccco2)C(=O)/C1=C/c1ccccc1OCc1ccc(Cl)cc1Cl. The summed E-state index contributed by atoms with van der Waals surface area (Å²) in [4.78, 5) is 38.4. The standard InChI is InChI=1S/C23H16Cl2N2O5/c24-16-8-7-15(19(25)11-16)13-32-20-6-2-1-4-14(20)10-18-21(28)26-23(30)27(22(18)29)12-17-5-3-9-31-17/h1-11H,12-13H2,(H,26,28,30)/b18-10+. The number of imide groups is 2. The second-order valence-electron chi connectivity index (χ2n) is 6.85. The zero-order chi connectivity index (χ0) is 22.7. The minimum atomic E-state index is -0.810. The molecular weight excluding hydrogens is 455 g/mol. The van der Waals surface area contributed by atoms with Gasteiger partial charge in [0.2, 0.25) is 0 Å². The molecule has 0 unspecified atom stereocenters. The number of rotatable bonds is 6. The third-order valence-corrected chi connectivity index (χ3v) is 5.28. The second kappa shape index (κ2) is 9.30. The van der Waals surface area contributed by atoms with Gasteiger partial charge in [0.15, 0.2) is 0 Å². The van der Waals surface area contributed by atoms with Gasteiger partial charge in [0.1, 0.15) is 23.7 Å². The molecule has 9 heteroatoms. The van der Waals surface area contributed by atoms with Gasteiger partial charge in [-0.2, -0.15) is 0 Å². The van der Waals surface area contributed by atoms with Gasteiger partial charge >= 0.3 is 6.03 Å². The quantitative estimate of drug-likeness (QED) is 0.411. The topological polar surface area (TPSA) is 88.9 Å². The molecule has 2 heterocycles. The summed E-state index contributed by atoms with van der Waals surface area (Å²) >= 11 is 12.1. The maximum atomic E-state index is 12.9. The second-order valence-corrected chi connectivity index (χ2v) is 7.69. The predicted molar refractivity (Wildman–Crippen MR) is 118 cm³/mol. The molecule has 0 saturated carbocycles. The molecule has 0 atom stereocenters. The van der Waals surface area contributed by atoms with Crippen molar-refractivity contribution in [3.05, 3.63) is 93.4 Å². The predicted octanol–water partition coefficient (Wildman–Crippen LogP) is 4.83. The number of barbiturate groups is 1. The molecule has 1 saturated heterocycles. The van der Waals surface area contributed by atoms with E-state index in [2.05, 4.69) is 5.32 Å². The Balaban J connectivity index is 1.59. The number of halogens is 2. The van der Waals surface area contributed by atoms with E-state index in [4.69, 9.17) is 32.4 Å². The fourth-order valence-corrected chi connectivity index (χ4v) is 3.54. The van der Waals surface area contributed by atoms with Gasteiger partial charge in [-0.15, -0.1) is 0 Å². The first-order valence-electron chi connectivity index (χ1n) is 9.49. The number of nitrogens with one attached hydrogen (secondary N) is 1. The van der Waals surface area contributed by atoms with Gasteiger partial charge in [-0.1, -0.05) is 47.5 Å². The third kappa shape index (κ3) is 4.69. The van der Waals surface area contributed by atoms with Crippen LogP contribution in [0.25, 0.3) is 6.08 Å². The summed E-state index contributed by atoms with van der Waals surface area (Å²) in [5, 5.41) is 3.15. The van der Waals surface area contributed by atoms with Crippen molar-refractivity contribution in [2.75, 3.05) is 0 Å². The van der Waals surface area contributed by atoms with Crippen LogP contribution in [0.4, 0.5) is 4.79 Å². The molecule has 3 aromatic rings. The van der Waals surface area contributed by atoms with Crippen molar-refractivity contribution in [2.24, 2.45) is 0 Å². The van der Waals surface area contributed by atoms with Gasteiger partial charge in [-0.25, -0.2) is 4.79 Å². The zero-order valence-corrected chi connectivity index (χ0v) is 18.0. The Morgan fingerprint density at radius 1 is 1.03 bits per heavy atom. The van der Waals surface area contributed by atoms with Crippen LogP contribution in [0.3, 0.4) is 0 Å². The van der Waals surface area contributed by atoms with Crippen molar-refractivity contribution in [2.45, 2.75) is 13.2 Å². The number of ether oxygens (including phenoxy) is 1. The fraction of sp³-hybridized carbons (Fsp3) is 0.0870. The number of hydrogen-bond acceptors (Lipinski definition) is 5. The van der Waals surface area contributed by atoms with Gasteiger partial charge in [-0.3, -0.25) is 19.8 Å². The van der Waals surface area contributed by atoms with E-state index >= 15 is 0 Å². The highest BCUT2D eigenvalue weighted by Gasteiger charge is 2.36. The highest BCUT2D eigenvalue weighted by atomic mass is 35.5. The van der Waals surface area contributed by atoms with Crippen molar-refractivity contribution in [1.29, 1.82) is 0 Å². The van der Waals surface area contributed by atoms with E-state index in [1.807, 2.05) is 0 Å². The molecule has 0 spiro atoms.